The van der Waals surface area contributed by atoms with Crippen LogP contribution >= 0.6 is 0 Å². The van der Waals surface area contributed by atoms with E-state index in [0.717, 1.165) is 48.6 Å². The second kappa shape index (κ2) is 6.68. The Morgan fingerprint density at radius 3 is 2.89 bits per heavy atom. The molecular weight excluding hydrogens is 340 g/mol. The number of amides is 1. The van der Waals surface area contributed by atoms with Crippen LogP contribution in [0.3, 0.4) is 0 Å². The van der Waals surface area contributed by atoms with Crippen molar-refractivity contribution in [3.63, 3.8) is 0 Å². The number of fused-ring (bicyclic) bond motifs is 3. The number of H-pyrrole nitrogens is 1. The van der Waals surface area contributed by atoms with Gasteiger partial charge >= 0.3 is 0 Å². The van der Waals surface area contributed by atoms with E-state index < -0.39 is 0 Å². The van der Waals surface area contributed by atoms with Gasteiger partial charge in [0.15, 0.2) is 11.5 Å². The lowest BCUT2D eigenvalue weighted by atomic mass is 9.89. The minimum absolute atomic E-state index is 0.253. The maximum atomic E-state index is 11.8. The molecule has 6 nitrogen and oxygen atoms in total. The third-order valence-corrected chi connectivity index (χ3v) is 6.20. The fraction of sp³-hybridized carbons (Fsp3) is 0.524. The molecule has 1 aromatic carbocycles. The molecule has 4 heterocycles. The SMILES string of the molecule is CN1CCC(c2c[nH]c3ccc4oc(CCN5CCCC5=O)nc4c23)CC1. The molecule has 2 aliphatic rings. The van der Waals surface area contributed by atoms with E-state index >= 15 is 0 Å². The summed E-state index contributed by atoms with van der Waals surface area (Å²) in [6.45, 7) is 3.84. The van der Waals surface area contributed by atoms with Gasteiger partial charge in [-0.2, -0.15) is 0 Å². The summed E-state index contributed by atoms with van der Waals surface area (Å²) in [6, 6.07) is 4.10. The fourth-order valence-electron chi connectivity index (χ4n) is 4.60. The smallest absolute Gasteiger partial charge is 0.222 e. The van der Waals surface area contributed by atoms with Gasteiger partial charge < -0.3 is 19.2 Å². The topological polar surface area (TPSA) is 65.4 Å². The van der Waals surface area contributed by atoms with Crippen molar-refractivity contribution in [1.29, 1.82) is 0 Å². The number of oxazole rings is 1. The Hall–Kier alpha value is -2.34. The van der Waals surface area contributed by atoms with E-state index in [-0.39, 0.29) is 5.91 Å². The van der Waals surface area contributed by atoms with Gasteiger partial charge in [0.05, 0.1) is 0 Å². The molecule has 2 saturated heterocycles. The average Bonchev–Trinajstić information content (AvgIpc) is 3.37. The second-order valence-electron chi connectivity index (χ2n) is 8.00. The summed E-state index contributed by atoms with van der Waals surface area (Å²) in [4.78, 5) is 24.4. The number of benzene rings is 1. The van der Waals surface area contributed by atoms with Crippen molar-refractivity contribution in [3.05, 3.63) is 29.8 Å². The zero-order valence-corrected chi connectivity index (χ0v) is 15.8. The quantitative estimate of drug-likeness (QED) is 0.770. The van der Waals surface area contributed by atoms with E-state index in [2.05, 4.69) is 29.2 Å². The molecule has 1 amide bonds. The highest BCUT2D eigenvalue weighted by atomic mass is 16.3. The third kappa shape index (κ3) is 3.02. The van der Waals surface area contributed by atoms with E-state index in [9.17, 15) is 4.79 Å². The van der Waals surface area contributed by atoms with Crippen LogP contribution < -0.4 is 0 Å². The molecule has 2 aromatic heterocycles. The van der Waals surface area contributed by atoms with Crippen LogP contribution in [0.25, 0.3) is 22.0 Å². The first kappa shape index (κ1) is 16.8. The van der Waals surface area contributed by atoms with Gasteiger partial charge in [-0.05, 0) is 63.0 Å². The van der Waals surface area contributed by atoms with Crippen molar-refractivity contribution in [3.8, 4) is 0 Å². The molecular formula is C21H26N4O2. The lowest BCUT2D eigenvalue weighted by Crippen LogP contribution is -2.29. The van der Waals surface area contributed by atoms with Crippen molar-refractivity contribution in [2.75, 3.05) is 33.2 Å². The number of hydrogen-bond donors (Lipinski definition) is 1. The monoisotopic (exact) mass is 366 g/mol. The molecule has 2 aliphatic heterocycles. The van der Waals surface area contributed by atoms with Gasteiger partial charge in [-0.1, -0.05) is 0 Å². The Morgan fingerprint density at radius 2 is 2.11 bits per heavy atom. The van der Waals surface area contributed by atoms with Gasteiger partial charge in [-0.3, -0.25) is 4.79 Å². The van der Waals surface area contributed by atoms with Gasteiger partial charge in [0.2, 0.25) is 5.91 Å². The van der Waals surface area contributed by atoms with E-state index in [1.54, 1.807) is 0 Å². The standard InChI is InChI=1S/C21H26N4O2/c1-24-10-6-14(7-11-24)15-13-22-16-4-5-17-21(20(15)16)23-18(27-17)8-12-25-9-2-3-19(25)26/h4-5,13-14,22H,2-3,6-12H2,1H3. The molecule has 0 radical (unpaired) electrons. The number of rotatable bonds is 4. The molecule has 0 unspecified atom stereocenters. The van der Waals surface area contributed by atoms with Crippen molar-refractivity contribution < 1.29 is 9.21 Å². The molecule has 5 rings (SSSR count). The Morgan fingerprint density at radius 1 is 1.26 bits per heavy atom. The number of carbonyl (C=O) groups excluding carboxylic acids is 1. The average molecular weight is 366 g/mol. The van der Waals surface area contributed by atoms with Gasteiger partial charge in [-0.15, -0.1) is 0 Å². The number of carbonyl (C=O) groups is 1. The normalized spacial score (nSPS) is 19.7. The van der Waals surface area contributed by atoms with Crippen LogP contribution in [0.15, 0.2) is 22.7 Å². The molecule has 142 valence electrons. The number of likely N-dealkylation sites (tertiary alicyclic amines) is 2. The molecule has 27 heavy (non-hydrogen) atoms. The maximum Gasteiger partial charge on any atom is 0.222 e. The Balaban J connectivity index is 1.46. The third-order valence-electron chi connectivity index (χ3n) is 6.20. The molecule has 0 bridgehead atoms. The van der Waals surface area contributed by atoms with Crippen molar-refractivity contribution >= 4 is 27.9 Å². The molecule has 2 fully saturated rings. The van der Waals surface area contributed by atoms with Crippen molar-refractivity contribution in [2.24, 2.45) is 0 Å². The Bertz CT molecular complexity index is 981. The van der Waals surface area contributed by atoms with Gasteiger partial charge in [0.25, 0.3) is 0 Å². The molecule has 0 saturated carbocycles. The van der Waals surface area contributed by atoms with Crippen LogP contribution in [0.4, 0.5) is 0 Å². The van der Waals surface area contributed by atoms with E-state index in [4.69, 9.17) is 9.40 Å². The van der Waals surface area contributed by atoms with Crippen molar-refractivity contribution in [1.82, 2.24) is 19.8 Å². The zero-order chi connectivity index (χ0) is 18.4. The predicted molar refractivity (Wildman–Crippen MR) is 105 cm³/mol. The van der Waals surface area contributed by atoms with Gasteiger partial charge in [0.1, 0.15) is 5.52 Å². The van der Waals surface area contributed by atoms with Crippen LogP contribution in [-0.4, -0.2) is 58.9 Å². The lowest BCUT2D eigenvalue weighted by Gasteiger charge is -2.28. The van der Waals surface area contributed by atoms with Crippen LogP contribution in [0, 0.1) is 0 Å². The molecule has 0 spiro atoms. The summed E-state index contributed by atoms with van der Waals surface area (Å²) >= 11 is 0. The number of piperidine rings is 1. The number of nitrogens with zero attached hydrogens (tertiary/aromatic N) is 3. The van der Waals surface area contributed by atoms with E-state index in [1.807, 2.05) is 11.0 Å². The number of aromatic nitrogens is 2. The Labute approximate surface area is 158 Å². The van der Waals surface area contributed by atoms with E-state index in [0.29, 0.717) is 25.3 Å². The summed E-state index contributed by atoms with van der Waals surface area (Å²) < 4.78 is 6.03. The molecule has 0 atom stereocenters. The van der Waals surface area contributed by atoms with Crippen LogP contribution in [0.1, 0.15) is 43.1 Å². The zero-order valence-electron chi connectivity index (χ0n) is 15.8. The number of aromatic amines is 1. The van der Waals surface area contributed by atoms with Crippen molar-refractivity contribution in [2.45, 2.75) is 38.0 Å². The number of hydrogen-bond acceptors (Lipinski definition) is 4. The molecule has 0 aliphatic carbocycles. The molecule has 3 aromatic rings. The minimum Gasteiger partial charge on any atom is -0.441 e. The summed E-state index contributed by atoms with van der Waals surface area (Å²) in [5.41, 5.74) is 4.31. The highest BCUT2D eigenvalue weighted by molar-refractivity contribution is 6.04. The molecule has 6 heteroatoms. The first-order valence-electron chi connectivity index (χ1n) is 10.0. The largest absolute Gasteiger partial charge is 0.441 e. The van der Waals surface area contributed by atoms with Crippen LogP contribution in [-0.2, 0) is 11.2 Å². The highest BCUT2D eigenvalue weighted by Crippen LogP contribution is 2.36. The second-order valence-corrected chi connectivity index (χ2v) is 8.00. The summed E-state index contributed by atoms with van der Waals surface area (Å²) in [5.74, 6) is 1.55. The highest BCUT2D eigenvalue weighted by Gasteiger charge is 2.24. The van der Waals surface area contributed by atoms with Gasteiger partial charge in [-0.25, -0.2) is 4.98 Å². The van der Waals surface area contributed by atoms with Gasteiger partial charge in [0, 0.05) is 43.0 Å². The van der Waals surface area contributed by atoms with Crippen LogP contribution in [0.5, 0.6) is 0 Å². The summed E-state index contributed by atoms with van der Waals surface area (Å²) in [5, 5.41) is 1.22. The predicted octanol–water partition coefficient (Wildman–Crippen LogP) is 3.28. The first-order chi connectivity index (χ1) is 13.2. The summed E-state index contributed by atoms with van der Waals surface area (Å²) in [7, 11) is 2.19. The van der Waals surface area contributed by atoms with E-state index in [1.165, 1.54) is 23.8 Å². The first-order valence-corrected chi connectivity index (χ1v) is 10.0. The summed E-state index contributed by atoms with van der Waals surface area (Å²) in [6.07, 6.45) is 6.85. The minimum atomic E-state index is 0.253. The lowest BCUT2D eigenvalue weighted by molar-refractivity contribution is -0.127. The Kier molecular flexibility index (Phi) is 4.16. The maximum absolute atomic E-state index is 11.8. The number of nitrogens with one attached hydrogen (secondary N) is 1. The fourth-order valence-corrected chi connectivity index (χ4v) is 4.60. The van der Waals surface area contributed by atoms with Crippen LogP contribution in [0.2, 0.25) is 0 Å². The molecule has 1 N–H and O–H groups in total.